The number of hydrogen-bond donors (Lipinski definition) is 1. The van der Waals surface area contributed by atoms with E-state index < -0.39 is 35.8 Å². The van der Waals surface area contributed by atoms with Crippen LogP contribution in [0.2, 0.25) is 5.02 Å². The minimum Gasteiger partial charge on any atom is -0.427 e. The summed E-state index contributed by atoms with van der Waals surface area (Å²) in [7, 11) is 0. The number of carbonyl (C=O) groups is 4. The van der Waals surface area contributed by atoms with Crippen LogP contribution < -0.4 is 15.0 Å². The van der Waals surface area contributed by atoms with E-state index in [1.807, 2.05) is 35.2 Å². The van der Waals surface area contributed by atoms with E-state index in [1.165, 1.54) is 19.1 Å². The minimum absolute atomic E-state index is 0.304. The van der Waals surface area contributed by atoms with Crippen molar-refractivity contribution < 1.29 is 23.9 Å². The van der Waals surface area contributed by atoms with Crippen molar-refractivity contribution in [1.29, 1.82) is 0 Å². The van der Waals surface area contributed by atoms with Crippen LogP contribution in [0.15, 0.2) is 79.0 Å². The highest BCUT2D eigenvalue weighted by Crippen LogP contribution is 2.53. The van der Waals surface area contributed by atoms with E-state index in [-0.39, 0.29) is 11.8 Å². The summed E-state index contributed by atoms with van der Waals surface area (Å²) < 4.78 is 5.08. The fourth-order valence-electron chi connectivity index (χ4n) is 5.69. The van der Waals surface area contributed by atoms with Gasteiger partial charge >= 0.3 is 5.97 Å². The zero-order valence-electron chi connectivity index (χ0n) is 20.2. The molecule has 8 nitrogen and oxygen atoms in total. The Morgan fingerprint density at radius 3 is 2.29 bits per heavy atom. The van der Waals surface area contributed by atoms with Gasteiger partial charge in [-0.15, -0.1) is 0 Å². The van der Waals surface area contributed by atoms with Crippen molar-refractivity contribution in [1.82, 2.24) is 4.90 Å². The van der Waals surface area contributed by atoms with Gasteiger partial charge in [0.25, 0.3) is 0 Å². The number of esters is 1. The molecule has 1 N–H and O–H groups in total. The Morgan fingerprint density at radius 2 is 1.58 bits per heavy atom. The maximum atomic E-state index is 13.9. The first-order chi connectivity index (χ1) is 18.3. The molecule has 4 unspecified atom stereocenters. The molecule has 0 saturated carbocycles. The van der Waals surface area contributed by atoms with Crippen molar-refractivity contribution in [2.75, 3.05) is 10.2 Å². The number of hydrogen-bond acceptors (Lipinski definition) is 6. The first-order valence-corrected chi connectivity index (χ1v) is 12.5. The maximum absolute atomic E-state index is 13.9. The summed E-state index contributed by atoms with van der Waals surface area (Å²) >= 11 is 5.99. The van der Waals surface area contributed by atoms with Gasteiger partial charge in [-0.3, -0.25) is 19.2 Å². The summed E-state index contributed by atoms with van der Waals surface area (Å²) in [6.07, 6.45) is 3.70. The van der Waals surface area contributed by atoms with Gasteiger partial charge in [0.1, 0.15) is 11.8 Å². The Kier molecular flexibility index (Phi) is 5.76. The molecule has 0 radical (unpaired) electrons. The molecule has 3 aliphatic heterocycles. The van der Waals surface area contributed by atoms with Crippen molar-refractivity contribution in [2.24, 2.45) is 11.8 Å². The second-order valence-electron chi connectivity index (χ2n) is 9.43. The van der Waals surface area contributed by atoms with Crippen LogP contribution in [0.1, 0.15) is 24.1 Å². The van der Waals surface area contributed by atoms with E-state index in [2.05, 4.69) is 5.32 Å². The van der Waals surface area contributed by atoms with Crippen LogP contribution in [0.3, 0.4) is 0 Å². The van der Waals surface area contributed by atoms with Crippen LogP contribution in [-0.2, 0) is 19.2 Å². The average molecular weight is 528 g/mol. The SMILES string of the molecule is CC(=O)Oc1ccc(N2C(=O)C3C(C2=O)C2c4ccccc4C=CN2C3C(=O)Nc2ccc(Cl)cc2)cc1. The molecule has 3 aromatic rings. The van der Waals surface area contributed by atoms with Gasteiger partial charge in [0.05, 0.1) is 23.6 Å². The van der Waals surface area contributed by atoms with Crippen LogP contribution in [-0.4, -0.2) is 34.6 Å². The highest BCUT2D eigenvalue weighted by atomic mass is 35.5. The van der Waals surface area contributed by atoms with Gasteiger partial charge < -0.3 is 15.0 Å². The monoisotopic (exact) mass is 527 g/mol. The average Bonchev–Trinajstić information content (AvgIpc) is 3.38. The molecule has 4 atom stereocenters. The number of anilines is 2. The Labute approximate surface area is 223 Å². The number of fused-ring (bicyclic) bond motifs is 5. The third kappa shape index (κ3) is 3.85. The highest BCUT2D eigenvalue weighted by molar-refractivity contribution is 6.30. The van der Waals surface area contributed by atoms with Crippen LogP contribution in [0.25, 0.3) is 6.08 Å². The number of nitrogens with one attached hydrogen (secondary N) is 1. The second-order valence-corrected chi connectivity index (χ2v) is 9.87. The summed E-state index contributed by atoms with van der Waals surface area (Å²) in [5.74, 6) is -3.04. The molecule has 2 saturated heterocycles. The van der Waals surface area contributed by atoms with Gasteiger partial charge in [-0.2, -0.15) is 0 Å². The molecule has 2 fully saturated rings. The summed E-state index contributed by atoms with van der Waals surface area (Å²) in [6.45, 7) is 1.29. The van der Waals surface area contributed by atoms with E-state index in [9.17, 15) is 19.2 Å². The third-order valence-corrected chi connectivity index (χ3v) is 7.45. The molecular formula is C29H22ClN3O5. The molecule has 9 heteroatoms. The summed E-state index contributed by atoms with van der Waals surface area (Å²) in [4.78, 5) is 55.8. The van der Waals surface area contributed by atoms with Gasteiger partial charge in [0.2, 0.25) is 17.7 Å². The Morgan fingerprint density at radius 1 is 0.895 bits per heavy atom. The number of imide groups is 1. The number of ether oxygens (including phenoxy) is 1. The molecular weight excluding hydrogens is 506 g/mol. The summed E-state index contributed by atoms with van der Waals surface area (Å²) in [6, 6.07) is 19.2. The van der Waals surface area contributed by atoms with Crippen LogP contribution in [0, 0.1) is 11.8 Å². The molecule has 0 aliphatic carbocycles. The van der Waals surface area contributed by atoms with E-state index >= 15 is 0 Å². The molecule has 0 bridgehead atoms. The number of nitrogens with zero attached hydrogens (tertiary/aromatic N) is 2. The molecule has 3 aliphatic rings. The fraction of sp³-hybridized carbons (Fsp3) is 0.172. The Hall–Kier alpha value is -4.43. The van der Waals surface area contributed by atoms with E-state index in [4.69, 9.17) is 16.3 Å². The standard InChI is InChI=1S/C29H22ClN3O5/c1-16(34)38-21-12-10-20(11-13-21)33-28(36)23-24(29(33)37)26(27(35)31-19-8-6-18(30)7-9-19)32-15-14-17-4-2-3-5-22(17)25(23)32/h2-15,23-26H,1H3,(H,31,35). The molecule has 38 heavy (non-hydrogen) atoms. The quantitative estimate of drug-likeness (QED) is 0.306. The van der Waals surface area contributed by atoms with E-state index in [0.29, 0.717) is 22.1 Å². The molecule has 190 valence electrons. The van der Waals surface area contributed by atoms with E-state index in [1.54, 1.807) is 42.6 Å². The van der Waals surface area contributed by atoms with Crippen molar-refractivity contribution in [3.05, 3.63) is 95.1 Å². The van der Waals surface area contributed by atoms with Gasteiger partial charge in [-0.1, -0.05) is 35.9 Å². The highest BCUT2D eigenvalue weighted by Gasteiger charge is 2.64. The van der Waals surface area contributed by atoms with Crippen LogP contribution in [0.5, 0.6) is 5.75 Å². The predicted molar refractivity (Wildman–Crippen MR) is 141 cm³/mol. The number of halogens is 1. The first kappa shape index (κ1) is 23.9. The topological polar surface area (TPSA) is 96.0 Å². The Balaban J connectivity index is 1.39. The summed E-state index contributed by atoms with van der Waals surface area (Å²) in [5.41, 5.74) is 2.72. The van der Waals surface area contributed by atoms with E-state index in [0.717, 1.165) is 16.0 Å². The van der Waals surface area contributed by atoms with Gasteiger partial charge in [0.15, 0.2) is 0 Å². The van der Waals surface area contributed by atoms with Crippen LogP contribution >= 0.6 is 11.6 Å². The molecule has 3 heterocycles. The lowest BCUT2D eigenvalue weighted by atomic mass is 9.84. The zero-order valence-corrected chi connectivity index (χ0v) is 21.0. The number of carbonyl (C=O) groups excluding carboxylic acids is 4. The molecule has 3 amide bonds. The first-order valence-electron chi connectivity index (χ1n) is 12.1. The normalized spacial score (nSPS) is 23.1. The van der Waals surface area contributed by atoms with Crippen molar-refractivity contribution >= 4 is 52.7 Å². The number of rotatable bonds is 4. The van der Waals surface area contributed by atoms with Gasteiger partial charge in [-0.05, 0) is 65.7 Å². The lowest BCUT2D eigenvalue weighted by Gasteiger charge is -2.35. The summed E-state index contributed by atoms with van der Waals surface area (Å²) in [5, 5.41) is 3.43. The molecule has 0 spiro atoms. The minimum atomic E-state index is -0.910. The lowest BCUT2D eigenvalue weighted by molar-refractivity contribution is -0.132. The predicted octanol–water partition coefficient (Wildman–Crippen LogP) is 4.42. The maximum Gasteiger partial charge on any atom is 0.308 e. The van der Waals surface area contributed by atoms with Crippen molar-refractivity contribution in [3.63, 3.8) is 0 Å². The zero-order chi connectivity index (χ0) is 26.6. The number of benzene rings is 3. The second kappa shape index (κ2) is 9.15. The van der Waals surface area contributed by atoms with Crippen molar-refractivity contribution in [3.8, 4) is 5.75 Å². The van der Waals surface area contributed by atoms with Gasteiger partial charge in [0, 0.05) is 23.8 Å². The smallest absolute Gasteiger partial charge is 0.308 e. The van der Waals surface area contributed by atoms with Crippen LogP contribution in [0.4, 0.5) is 11.4 Å². The molecule has 0 aromatic heterocycles. The lowest BCUT2D eigenvalue weighted by Crippen LogP contribution is -2.46. The third-order valence-electron chi connectivity index (χ3n) is 7.20. The largest absolute Gasteiger partial charge is 0.427 e. The molecule has 3 aromatic carbocycles. The van der Waals surface area contributed by atoms with Gasteiger partial charge in [-0.25, -0.2) is 4.90 Å². The fourth-order valence-corrected chi connectivity index (χ4v) is 5.82. The molecule has 6 rings (SSSR count). The number of amides is 3. The van der Waals surface area contributed by atoms with Crippen molar-refractivity contribution in [2.45, 2.75) is 19.0 Å². The Bertz CT molecular complexity index is 1500.